The zero-order valence-electron chi connectivity index (χ0n) is 20.8. The van der Waals surface area contributed by atoms with E-state index in [1.54, 1.807) is 36.4 Å². The molecule has 190 valence electrons. The Balaban J connectivity index is -0.000000440. The van der Waals surface area contributed by atoms with Crippen LogP contribution in [0.4, 0.5) is 11.4 Å². The van der Waals surface area contributed by atoms with Crippen LogP contribution >= 0.6 is 0 Å². The van der Waals surface area contributed by atoms with Gasteiger partial charge in [-0.3, -0.25) is 9.78 Å². The maximum Gasteiger partial charge on any atom is 2.00 e. The molecule has 3 rings (SSSR count). The molecule has 0 radical (unpaired) electrons. The van der Waals surface area contributed by atoms with Gasteiger partial charge in [0, 0.05) is 57.5 Å². The first-order chi connectivity index (χ1) is 15.5. The number of carboxylic acid groups (broad SMARTS) is 2. The average Bonchev–Trinajstić information content (AvgIpc) is 2.80. The second-order valence-corrected chi connectivity index (χ2v) is 7.06. The van der Waals surface area contributed by atoms with Crippen LogP contribution in [0.15, 0.2) is 73.1 Å². The summed E-state index contributed by atoms with van der Waals surface area (Å²) in [5.74, 6) is -2.70. The molecule has 8 N–H and O–H groups in total. The van der Waals surface area contributed by atoms with Crippen LogP contribution in [-0.2, 0) is 30.4 Å². The summed E-state index contributed by atoms with van der Waals surface area (Å²) in [6, 6.07) is 16.2. The second-order valence-electron chi connectivity index (χ2n) is 7.06. The number of nitrogens with two attached hydrogens (primary N) is 1. The minimum absolute atomic E-state index is 0. The molecule has 1 aromatic heterocycles. The van der Waals surface area contributed by atoms with Crippen molar-refractivity contribution in [2.24, 2.45) is 5.73 Å². The van der Waals surface area contributed by atoms with Crippen molar-refractivity contribution >= 4 is 29.2 Å². The van der Waals surface area contributed by atoms with Gasteiger partial charge in [0.25, 0.3) is 0 Å². The number of pyridine rings is 1. The minimum Gasteiger partial charge on any atom is -0.545 e. The fourth-order valence-electron chi connectivity index (χ4n) is 2.31. The molecule has 36 heavy (non-hydrogen) atoms. The van der Waals surface area contributed by atoms with Crippen molar-refractivity contribution in [2.45, 2.75) is 0 Å². The third kappa shape index (κ3) is 13.1. The first-order valence-corrected chi connectivity index (χ1v) is 9.70. The molecule has 0 fully saturated rings. The van der Waals surface area contributed by atoms with E-state index in [4.69, 9.17) is 5.73 Å². The maximum atomic E-state index is 10.4. The molecule has 2 aromatic carbocycles. The van der Waals surface area contributed by atoms with Crippen LogP contribution in [0.3, 0.4) is 0 Å². The summed E-state index contributed by atoms with van der Waals surface area (Å²) in [6.07, 6.45) is 3.06. The Kier molecular flexibility index (Phi) is 18.8. The number of carbonyl (C=O) groups is 3. The number of anilines is 2. The van der Waals surface area contributed by atoms with Crippen molar-refractivity contribution in [3.8, 4) is 0 Å². The Morgan fingerprint density at radius 2 is 0.944 bits per heavy atom. The molecular formula is C24H32N4O7Zn+2. The van der Waals surface area contributed by atoms with E-state index in [-0.39, 0.29) is 41.6 Å². The molecule has 0 aliphatic carbocycles. The van der Waals surface area contributed by atoms with E-state index >= 15 is 0 Å². The van der Waals surface area contributed by atoms with Gasteiger partial charge >= 0.3 is 19.5 Å². The second kappa shape index (κ2) is 18.5. The van der Waals surface area contributed by atoms with Crippen LogP contribution < -0.4 is 25.7 Å². The van der Waals surface area contributed by atoms with Crippen LogP contribution in [0, 0.1) is 0 Å². The number of benzene rings is 2. The van der Waals surface area contributed by atoms with Gasteiger partial charge in [-0.05, 0) is 47.5 Å². The molecule has 0 atom stereocenters. The Labute approximate surface area is 222 Å². The average molecular weight is 554 g/mol. The van der Waals surface area contributed by atoms with Crippen LogP contribution in [0.2, 0.25) is 0 Å². The Bertz CT molecular complexity index is 985. The summed E-state index contributed by atoms with van der Waals surface area (Å²) in [5.41, 5.74) is 7.80. The van der Waals surface area contributed by atoms with Crippen molar-refractivity contribution in [2.75, 3.05) is 38.0 Å². The number of carbonyl (C=O) groups excluding carboxylic acids is 3. The number of rotatable bonds is 5. The molecule has 1 amide bonds. The van der Waals surface area contributed by atoms with Gasteiger partial charge in [0.2, 0.25) is 5.91 Å². The molecular weight excluding hydrogens is 522 g/mol. The van der Waals surface area contributed by atoms with E-state index in [9.17, 15) is 24.6 Å². The normalized spacial score (nSPS) is 8.56. The fourth-order valence-corrected chi connectivity index (χ4v) is 2.31. The molecule has 0 aliphatic rings. The third-order valence-electron chi connectivity index (χ3n) is 4.20. The van der Waals surface area contributed by atoms with Gasteiger partial charge in [-0.1, -0.05) is 24.3 Å². The standard InChI is InChI=1S/2C9H11NO2.C6H6N2O.2H2O.Zn/c2*1-10(2)8-5-3-7(4-6-8)9(11)12;7-6(9)5-1-3-8-4-2-5;;;/h2*3-6H,1-2H3,(H,11,12);1-4H,(H2,7,9);2*1H2;/q;;;;;+2. The van der Waals surface area contributed by atoms with Crippen LogP contribution in [0.1, 0.15) is 31.1 Å². The molecule has 1 heterocycles. The molecule has 0 saturated carbocycles. The predicted octanol–water partition coefficient (Wildman–Crippen LogP) is -1.43. The van der Waals surface area contributed by atoms with Gasteiger partial charge in [0.05, 0.1) is 11.9 Å². The number of aromatic carboxylic acids is 2. The largest absolute Gasteiger partial charge is 2.00 e. The van der Waals surface area contributed by atoms with E-state index in [0.29, 0.717) is 5.56 Å². The topological polar surface area (TPSA) is 209 Å². The first kappa shape index (κ1) is 36.7. The van der Waals surface area contributed by atoms with Gasteiger partial charge in [-0.15, -0.1) is 0 Å². The van der Waals surface area contributed by atoms with Crippen LogP contribution in [-0.4, -0.2) is 51.0 Å². The van der Waals surface area contributed by atoms with Gasteiger partial charge in [0.15, 0.2) is 0 Å². The summed E-state index contributed by atoms with van der Waals surface area (Å²) >= 11 is 0. The number of carboxylic acids is 2. The zero-order valence-corrected chi connectivity index (χ0v) is 23.7. The van der Waals surface area contributed by atoms with Gasteiger partial charge in [-0.25, -0.2) is 0 Å². The first-order valence-electron chi connectivity index (χ1n) is 9.70. The van der Waals surface area contributed by atoms with Crippen molar-refractivity contribution in [1.29, 1.82) is 0 Å². The van der Waals surface area contributed by atoms with Crippen molar-refractivity contribution in [3.05, 3.63) is 89.7 Å². The van der Waals surface area contributed by atoms with E-state index in [1.165, 1.54) is 36.7 Å². The number of aromatic nitrogens is 1. The van der Waals surface area contributed by atoms with Gasteiger partial charge < -0.3 is 46.3 Å². The molecule has 12 heteroatoms. The Morgan fingerprint density at radius 1 is 0.639 bits per heavy atom. The third-order valence-corrected chi connectivity index (χ3v) is 4.20. The number of hydrogen-bond acceptors (Lipinski definition) is 8. The summed E-state index contributed by atoms with van der Waals surface area (Å²) in [5, 5.41) is 20.7. The zero-order chi connectivity index (χ0) is 25.0. The number of nitrogens with zero attached hydrogens (tertiary/aromatic N) is 3. The summed E-state index contributed by atoms with van der Waals surface area (Å²) in [6.45, 7) is 0. The molecule has 3 aromatic rings. The molecule has 0 bridgehead atoms. The summed E-state index contributed by atoms with van der Waals surface area (Å²) < 4.78 is 0. The smallest absolute Gasteiger partial charge is 0.545 e. The molecule has 0 aliphatic heterocycles. The van der Waals surface area contributed by atoms with Gasteiger partial charge in [0.1, 0.15) is 0 Å². The minimum atomic E-state index is -1.14. The van der Waals surface area contributed by atoms with E-state index < -0.39 is 17.8 Å². The van der Waals surface area contributed by atoms with Crippen molar-refractivity contribution in [3.63, 3.8) is 0 Å². The summed E-state index contributed by atoms with van der Waals surface area (Å²) in [4.78, 5) is 38.6. The Morgan fingerprint density at radius 3 is 1.14 bits per heavy atom. The maximum absolute atomic E-state index is 10.4. The molecule has 0 spiro atoms. The quantitative estimate of drug-likeness (QED) is 0.291. The van der Waals surface area contributed by atoms with E-state index in [1.807, 2.05) is 38.0 Å². The monoisotopic (exact) mass is 552 g/mol. The number of primary amides is 1. The van der Waals surface area contributed by atoms with Crippen molar-refractivity contribution in [1.82, 2.24) is 4.98 Å². The van der Waals surface area contributed by atoms with E-state index in [2.05, 4.69) is 4.98 Å². The number of hydrogen-bond donors (Lipinski definition) is 1. The Hall–Kier alpha value is -3.86. The number of amides is 1. The molecule has 11 nitrogen and oxygen atoms in total. The molecule has 0 unspecified atom stereocenters. The van der Waals surface area contributed by atoms with Crippen molar-refractivity contribution < 1.29 is 55.0 Å². The fraction of sp³-hybridized carbons (Fsp3) is 0.167. The molecule has 0 saturated heterocycles. The SMILES string of the molecule is CN(C)c1ccc(C(=O)[O-])cc1.CN(C)c1ccc(C(=O)[O-])cc1.NC(=O)c1ccncc1.[OH3+].[OH3+].[Zn+2]. The van der Waals surface area contributed by atoms with Gasteiger partial charge in [-0.2, -0.15) is 0 Å². The summed E-state index contributed by atoms with van der Waals surface area (Å²) in [7, 11) is 7.59. The predicted molar refractivity (Wildman–Crippen MR) is 133 cm³/mol. The van der Waals surface area contributed by atoms with Crippen LogP contribution in [0.25, 0.3) is 0 Å². The van der Waals surface area contributed by atoms with E-state index in [0.717, 1.165) is 11.4 Å². The van der Waals surface area contributed by atoms with Crippen LogP contribution in [0.5, 0.6) is 0 Å².